The number of nitrogens with zero attached hydrogens (tertiary/aromatic N) is 2. The fraction of sp³-hybridized carbons (Fsp3) is 0.524. The first kappa shape index (κ1) is 22.4. The van der Waals surface area contributed by atoms with Crippen molar-refractivity contribution in [2.45, 2.75) is 32.6 Å². The Hall–Kier alpha value is -2.90. The monoisotopic (exact) mass is 403 g/mol. The van der Waals surface area contributed by atoms with E-state index in [2.05, 4.69) is 19.2 Å². The molecule has 0 aromatic heterocycles. The van der Waals surface area contributed by atoms with Crippen molar-refractivity contribution >= 4 is 29.4 Å². The van der Waals surface area contributed by atoms with Crippen molar-refractivity contribution in [3.8, 4) is 0 Å². The highest BCUT2D eigenvalue weighted by Gasteiger charge is 2.37. The number of likely N-dealkylation sites (N-methyl/N-ethyl adjacent to an activating group) is 2. The summed E-state index contributed by atoms with van der Waals surface area (Å²) in [6.07, 6.45) is 0.992. The van der Waals surface area contributed by atoms with Crippen molar-refractivity contribution in [2.75, 3.05) is 38.7 Å². The van der Waals surface area contributed by atoms with Crippen LogP contribution in [0.25, 0.3) is 0 Å². The molecule has 1 aliphatic rings. The van der Waals surface area contributed by atoms with E-state index in [1.807, 2.05) is 24.3 Å². The second-order valence-electron chi connectivity index (χ2n) is 7.30. The molecule has 1 heterocycles. The van der Waals surface area contributed by atoms with E-state index < -0.39 is 24.4 Å². The summed E-state index contributed by atoms with van der Waals surface area (Å²) in [6.45, 7) is 3.85. The SMILES string of the molecule is CC[C@@H](C)c1ccccc1N1C[C@@H](C(=O)OCC(=O)N(C)CC(=O)NC)CC1=O. The van der Waals surface area contributed by atoms with Crippen LogP contribution in [0.1, 0.15) is 38.2 Å². The Morgan fingerprint density at radius 1 is 1.31 bits per heavy atom. The van der Waals surface area contributed by atoms with Gasteiger partial charge >= 0.3 is 5.97 Å². The van der Waals surface area contributed by atoms with Crippen molar-refractivity contribution in [3.05, 3.63) is 29.8 Å². The Bertz CT molecular complexity index is 779. The van der Waals surface area contributed by atoms with Crippen LogP contribution in [0, 0.1) is 5.92 Å². The minimum Gasteiger partial charge on any atom is -0.455 e. The van der Waals surface area contributed by atoms with E-state index in [1.165, 1.54) is 19.0 Å². The zero-order chi connectivity index (χ0) is 21.6. The van der Waals surface area contributed by atoms with Crippen LogP contribution in [0.4, 0.5) is 5.69 Å². The van der Waals surface area contributed by atoms with Crippen molar-refractivity contribution in [1.82, 2.24) is 10.2 Å². The zero-order valence-electron chi connectivity index (χ0n) is 17.4. The van der Waals surface area contributed by atoms with Gasteiger partial charge in [-0.25, -0.2) is 0 Å². The fourth-order valence-electron chi connectivity index (χ4n) is 3.21. The molecule has 1 N–H and O–H groups in total. The standard InChI is InChI=1S/C21H29N3O5/c1-5-14(2)16-8-6-7-9-17(16)24-11-15(10-19(24)26)21(28)29-13-20(27)23(4)12-18(25)22-3/h6-9,14-15H,5,10-13H2,1-4H3,(H,22,25)/t14-,15+/m1/s1. The molecular formula is C21H29N3O5. The van der Waals surface area contributed by atoms with Gasteiger partial charge in [0.25, 0.3) is 5.91 Å². The molecule has 0 aliphatic carbocycles. The van der Waals surface area contributed by atoms with E-state index >= 15 is 0 Å². The quantitative estimate of drug-likeness (QED) is 0.660. The van der Waals surface area contributed by atoms with Gasteiger partial charge in [-0.1, -0.05) is 32.0 Å². The van der Waals surface area contributed by atoms with Gasteiger partial charge in [0.15, 0.2) is 6.61 Å². The van der Waals surface area contributed by atoms with E-state index in [9.17, 15) is 19.2 Å². The predicted molar refractivity (Wildman–Crippen MR) is 108 cm³/mol. The number of hydrogen-bond acceptors (Lipinski definition) is 5. The maximum absolute atomic E-state index is 12.6. The molecule has 1 fully saturated rings. The summed E-state index contributed by atoms with van der Waals surface area (Å²) in [6, 6.07) is 7.72. The fourth-order valence-corrected chi connectivity index (χ4v) is 3.21. The number of hydrogen-bond donors (Lipinski definition) is 1. The van der Waals surface area contributed by atoms with Crippen molar-refractivity contribution in [1.29, 1.82) is 0 Å². The molecule has 8 nitrogen and oxygen atoms in total. The van der Waals surface area contributed by atoms with E-state index in [-0.39, 0.29) is 31.3 Å². The van der Waals surface area contributed by atoms with Gasteiger partial charge in [0.1, 0.15) is 0 Å². The van der Waals surface area contributed by atoms with Crippen molar-refractivity contribution in [2.24, 2.45) is 5.92 Å². The van der Waals surface area contributed by atoms with Crippen LogP contribution < -0.4 is 10.2 Å². The highest BCUT2D eigenvalue weighted by molar-refractivity contribution is 6.00. The van der Waals surface area contributed by atoms with Gasteiger partial charge in [-0.2, -0.15) is 0 Å². The Kier molecular flexibility index (Phi) is 7.75. The van der Waals surface area contributed by atoms with Crippen LogP contribution in [0.3, 0.4) is 0 Å². The molecule has 1 aromatic rings. The topological polar surface area (TPSA) is 96.0 Å². The highest BCUT2D eigenvalue weighted by Crippen LogP contribution is 2.33. The smallest absolute Gasteiger partial charge is 0.311 e. The van der Waals surface area contributed by atoms with Gasteiger partial charge in [0.05, 0.1) is 12.5 Å². The van der Waals surface area contributed by atoms with Crippen LogP contribution in [-0.2, 0) is 23.9 Å². The number of carbonyl (C=O) groups excluding carboxylic acids is 4. The molecule has 2 atom stereocenters. The molecule has 3 amide bonds. The van der Waals surface area contributed by atoms with Crippen LogP contribution in [0.15, 0.2) is 24.3 Å². The van der Waals surface area contributed by atoms with Gasteiger partial charge in [0, 0.05) is 32.7 Å². The summed E-state index contributed by atoms with van der Waals surface area (Å²) in [5.41, 5.74) is 1.90. The summed E-state index contributed by atoms with van der Waals surface area (Å²) >= 11 is 0. The molecule has 2 rings (SSSR count). The Balaban J connectivity index is 1.98. The summed E-state index contributed by atoms with van der Waals surface area (Å²) in [5.74, 6) is -1.84. The normalized spacial score (nSPS) is 17.0. The van der Waals surface area contributed by atoms with E-state index in [1.54, 1.807) is 4.90 Å². The molecule has 158 valence electrons. The largest absolute Gasteiger partial charge is 0.455 e. The van der Waals surface area contributed by atoms with Gasteiger partial charge in [-0.3, -0.25) is 19.2 Å². The molecular weight excluding hydrogens is 374 g/mol. The first-order chi connectivity index (χ1) is 13.8. The molecule has 0 saturated carbocycles. The first-order valence-corrected chi connectivity index (χ1v) is 9.78. The molecule has 8 heteroatoms. The lowest BCUT2D eigenvalue weighted by Gasteiger charge is -2.23. The Labute approximate surface area is 171 Å². The molecule has 0 unspecified atom stereocenters. The zero-order valence-corrected chi connectivity index (χ0v) is 17.4. The van der Waals surface area contributed by atoms with Crippen LogP contribution in [0.5, 0.6) is 0 Å². The first-order valence-electron chi connectivity index (χ1n) is 9.78. The number of benzene rings is 1. The molecule has 29 heavy (non-hydrogen) atoms. The summed E-state index contributed by atoms with van der Waals surface area (Å²) in [4.78, 5) is 51.1. The van der Waals surface area contributed by atoms with Crippen LogP contribution in [-0.4, -0.2) is 62.4 Å². The predicted octanol–water partition coefficient (Wildman–Crippen LogP) is 1.30. The maximum Gasteiger partial charge on any atom is 0.311 e. The lowest BCUT2D eigenvalue weighted by molar-refractivity contribution is -0.155. The van der Waals surface area contributed by atoms with Gasteiger partial charge < -0.3 is 19.9 Å². The Morgan fingerprint density at radius 3 is 2.66 bits per heavy atom. The van der Waals surface area contributed by atoms with Crippen LogP contribution in [0.2, 0.25) is 0 Å². The third-order valence-electron chi connectivity index (χ3n) is 5.25. The van der Waals surface area contributed by atoms with Crippen molar-refractivity contribution in [3.63, 3.8) is 0 Å². The molecule has 0 radical (unpaired) electrons. The number of carbonyl (C=O) groups is 4. The van der Waals surface area contributed by atoms with E-state index in [0.717, 1.165) is 17.7 Å². The summed E-state index contributed by atoms with van der Waals surface area (Å²) in [5, 5.41) is 2.42. The second-order valence-corrected chi connectivity index (χ2v) is 7.30. The average molecular weight is 403 g/mol. The van der Waals surface area contributed by atoms with Gasteiger partial charge in [-0.05, 0) is 24.0 Å². The van der Waals surface area contributed by atoms with E-state index in [0.29, 0.717) is 5.92 Å². The van der Waals surface area contributed by atoms with Crippen LogP contribution >= 0.6 is 0 Å². The lowest BCUT2D eigenvalue weighted by atomic mass is 9.96. The number of ether oxygens (including phenoxy) is 1. The van der Waals surface area contributed by atoms with Crippen molar-refractivity contribution < 1.29 is 23.9 Å². The minimum absolute atomic E-state index is 0.0515. The number of esters is 1. The molecule has 0 spiro atoms. The highest BCUT2D eigenvalue weighted by atomic mass is 16.5. The number of nitrogens with one attached hydrogen (secondary N) is 1. The molecule has 0 bridgehead atoms. The Morgan fingerprint density at radius 2 is 2.00 bits per heavy atom. The maximum atomic E-state index is 12.6. The number of amides is 3. The number of para-hydroxylation sites is 1. The molecule has 1 saturated heterocycles. The average Bonchev–Trinajstić information content (AvgIpc) is 3.12. The van der Waals surface area contributed by atoms with E-state index in [4.69, 9.17) is 4.74 Å². The third-order valence-corrected chi connectivity index (χ3v) is 5.25. The van der Waals surface area contributed by atoms with Gasteiger partial charge in [-0.15, -0.1) is 0 Å². The molecule has 1 aromatic carbocycles. The number of anilines is 1. The third kappa shape index (κ3) is 5.56. The summed E-state index contributed by atoms with van der Waals surface area (Å²) in [7, 11) is 2.93. The number of rotatable bonds is 8. The molecule has 1 aliphatic heterocycles. The minimum atomic E-state index is -0.621. The lowest BCUT2D eigenvalue weighted by Crippen LogP contribution is -2.39. The van der Waals surface area contributed by atoms with Gasteiger partial charge in [0.2, 0.25) is 11.8 Å². The summed E-state index contributed by atoms with van der Waals surface area (Å²) < 4.78 is 5.11. The second kappa shape index (κ2) is 10.0.